The third-order valence-corrected chi connectivity index (χ3v) is 3.32. The van der Waals surface area contributed by atoms with Crippen LogP contribution in [-0.4, -0.2) is 17.0 Å². The van der Waals surface area contributed by atoms with Crippen LogP contribution in [0.4, 0.5) is 5.13 Å². The van der Waals surface area contributed by atoms with E-state index in [9.17, 15) is 4.79 Å². The van der Waals surface area contributed by atoms with Crippen LogP contribution < -0.4 is 10.1 Å². The number of benzene rings is 1. The Hall–Kier alpha value is -1.40. The number of anilines is 1. The fourth-order valence-corrected chi connectivity index (χ4v) is 2.20. The maximum absolute atomic E-state index is 11.8. The van der Waals surface area contributed by atoms with Crippen LogP contribution in [0.25, 0.3) is 0 Å². The zero-order valence-electron chi connectivity index (χ0n) is 9.59. The molecule has 0 bridgehead atoms. The quantitative estimate of drug-likeness (QED) is 0.937. The molecule has 0 fully saturated rings. The van der Waals surface area contributed by atoms with Crippen LogP contribution >= 0.6 is 27.3 Å². The summed E-state index contributed by atoms with van der Waals surface area (Å²) >= 11 is 4.72. The Morgan fingerprint density at radius 1 is 1.56 bits per heavy atom. The highest BCUT2D eigenvalue weighted by atomic mass is 79.9. The average molecular weight is 327 g/mol. The lowest BCUT2D eigenvalue weighted by Gasteiger charge is -2.13. The van der Waals surface area contributed by atoms with E-state index in [4.69, 9.17) is 4.74 Å². The highest BCUT2D eigenvalue weighted by Gasteiger charge is 2.15. The minimum atomic E-state index is -0.580. The minimum Gasteiger partial charge on any atom is -0.481 e. The molecule has 18 heavy (non-hydrogen) atoms. The molecule has 1 unspecified atom stereocenters. The summed E-state index contributed by atoms with van der Waals surface area (Å²) in [5, 5.41) is 5.06. The predicted octanol–water partition coefficient (Wildman–Crippen LogP) is 3.31. The van der Waals surface area contributed by atoms with Gasteiger partial charge in [0.25, 0.3) is 5.91 Å². The molecule has 4 nitrogen and oxygen atoms in total. The Kier molecular flexibility index (Phi) is 4.33. The van der Waals surface area contributed by atoms with E-state index in [0.717, 1.165) is 4.47 Å². The zero-order chi connectivity index (χ0) is 13.0. The van der Waals surface area contributed by atoms with Crippen molar-refractivity contribution < 1.29 is 9.53 Å². The number of amides is 1. The molecule has 1 heterocycles. The monoisotopic (exact) mass is 326 g/mol. The average Bonchev–Trinajstić information content (AvgIpc) is 2.81. The lowest BCUT2D eigenvalue weighted by atomic mass is 10.3. The van der Waals surface area contributed by atoms with Gasteiger partial charge >= 0.3 is 0 Å². The number of carbonyl (C=O) groups is 1. The second-order valence-electron chi connectivity index (χ2n) is 3.54. The fraction of sp³-hybridized carbons (Fsp3) is 0.167. The molecule has 0 saturated heterocycles. The molecule has 0 aliphatic heterocycles. The summed E-state index contributed by atoms with van der Waals surface area (Å²) in [6, 6.07) is 7.36. The molecule has 94 valence electrons. The molecule has 2 aromatic rings. The van der Waals surface area contributed by atoms with Crippen LogP contribution in [0.2, 0.25) is 0 Å². The van der Waals surface area contributed by atoms with Gasteiger partial charge in [-0.15, -0.1) is 11.3 Å². The second kappa shape index (κ2) is 5.97. The van der Waals surface area contributed by atoms with Gasteiger partial charge in [0.1, 0.15) is 5.75 Å². The summed E-state index contributed by atoms with van der Waals surface area (Å²) < 4.78 is 6.45. The topological polar surface area (TPSA) is 51.2 Å². The third-order valence-electron chi connectivity index (χ3n) is 2.14. The van der Waals surface area contributed by atoms with Gasteiger partial charge in [-0.3, -0.25) is 10.1 Å². The standard InChI is InChI=1S/C12H11BrN2O2S/c1-8(11(16)15-12-14-5-6-18-12)17-10-4-2-3-9(13)7-10/h2-8H,1H3,(H,14,15,16). The summed E-state index contributed by atoms with van der Waals surface area (Å²) in [7, 11) is 0. The van der Waals surface area contributed by atoms with Gasteiger partial charge in [0, 0.05) is 16.0 Å². The normalized spacial score (nSPS) is 11.9. The second-order valence-corrected chi connectivity index (χ2v) is 5.35. The summed E-state index contributed by atoms with van der Waals surface area (Å²) in [6.45, 7) is 1.70. The van der Waals surface area contributed by atoms with Gasteiger partial charge in [-0.2, -0.15) is 0 Å². The van der Waals surface area contributed by atoms with Gasteiger partial charge in [-0.25, -0.2) is 4.98 Å². The predicted molar refractivity (Wildman–Crippen MR) is 75.0 cm³/mol. The summed E-state index contributed by atoms with van der Waals surface area (Å²) in [5.41, 5.74) is 0. The lowest BCUT2D eigenvalue weighted by molar-refractivity contribution is -0.122. The smallest absolute Gasteiger partial charge is 0.266 e. The minimum absolute atomic E-state index is 0.218. The van der Waals surface area contributed by atoms with Crippen LogP contribution in [0.3, 0.4) is 0 Å². The molecule has 0 radical (unpaired) electrons. The van der Waals surface area contributed by atoms with Gasteiger partial charge in [0.05, 0.1) is 0 Å². The number of hydrogen-bond acceptors (Lipinski definition) is 4. The summed E-state index contributed by atoms with van der Waals surface area (Å²) in [6.07, 6.45) is 1.06. The van der Waals surface area contributed by atoms with Crippen LogP contribution in [-0.2, 0) is 4.79 Å². The molecule has 1 atom stereocenters. The third kappa shape index (κ3) is 3.54. The van der Waals surface area contributed by atoms with Gasteiger partial charge < -0.3 is 4.74 Å². The van der Waals surface area contributed by atoms with E-state index in [2.05, 4.69) is 26.2 Å². The molecule has 1 amide bonds. The van der Waals surface area contributed by atoms with E-state index in [-0.39, 0.29) is 5.91 Å². The van der Waals surface area contributed by atoms with Crippen molar-refractivity contribution in [2.45, 2.75) is 13.0 Å². The van der Waals surface area contributed by atoms with Gasteiger partial charge in [0.15, 0.2) is 11.2 Å². The van der Waals surface area contributed by atoms with Crippen molar-refractivity contribution in [2.75, 3.05) is 5.32 Å². The van der Waals surface area contributed by atoms with E-state index < -0.39 is 6.10 Å². The number of nitrogens with zero attached hydrogens (tertiary/aromatic N) is 1. The van der Waals surface area contributed by atoms with Crippen LogP contribution in [0.15, 0.2) is 40.3 Å². The zero-order valence-corrected chi connectivity index (χ0v) is 12.0. The van der Waals surface area contributed by atoms with E-state index in [0.29, 0.717) is 10.9 Å². The van der Waals surface area contributed by atoms with Crippen LogP contribution in [0.1, 0.15) is 6.92 Å². The van der Waals surface area contributed by atoms with E-state index in [1.807, 2.05) is 18.2 Å². The Labute approximate surface area is 117 Å². The Bertz CT molecular complexity index is 531. The number of rotatable bonds is 4. The first kappa shape index (κ1) is 13.0. The van der Waals surface area contributed by atoms with Crippen molar-refractivity contribution in [1.82, 2.24) is 4.98 Å². The SMILES string of the molecule is CC(Oc1cccc(Br)c1)C(=O)Nc1nccs1. The van der Waals surface area contributed by atoms with Crippen LogP contribution in [0, 0.1) is 0 Å². The Balaban J connectivity index is 1.95. The number of nitrogens with one attached hydrogen (secondary N) is 1. The molecule has 1 aromatic heterocycles. The van der Waals surface area contributed by atoms with E-state index >= 15 is 0 Å². The first-order chi connectivity index (χ1) is 8.65. The van der Waals surface area contributed by atoms with Gasteiger partial charge in [0.2, 0.25) is 0 Å². The molecule has 0 saturated carbocycles. The van der Waals surface area contributed by atoms with E-state index in [1.165, 1.54) is 11.3 Å². The highest BCUT2D eigenvalue weighted by Crippen LogP contribution is 2.19. The number of ether oxygens (including phenoxy) is 1. The van der Waals surface area contributed by atoms with Crippen molar-refractivity contribution in [3.63, 3.8) is 0 Å². The van der Waals surface area contributed by atoms with Crippen LogP contribution in [0.5, 0.6) is 5.75 Å². The Morgan fingerprint density at radius 2 is 2.39 bits per heavy atom. The summed E-state index contributed by atoms with van der Waals surface area (Å²) in [5.74, 6) is 0.427. The molecule has 6 heteroatoms. The molecular formula is C12H11BrN2O2S. The maximum atomic E-state index is 11.8. The molecule has 0 aliphatic carbocycles. The lowest BCUT2D eigenvalue weighted by Crippen LogP contribution is -2.30. The molecule has 1 N–H and O–H groups in total. The molecular weight excluding hydrogens is 316 g/mol. The number of aromatic nitrogens is 1. The first-order valence-corrected chi connectivity index (χ1v) is 6.95. The van der Waals surface area contributed by atoms with Crippen molar-refractivity contribution in [3.05, 3.63) is 40.3 Å². The van der Waals surface area contributed by atoms with E-state index in [1.54, 1.807) is 24.6 Å². The molecule has 1 aromatic carbocycles. The van der Waals surface area contributed by atoms with Crippen molar-refractivity contribution in [3.8, 4) is 5.75 Å². The van der Waals surface area contributed by atoms with Gasteiger partial charge in [-0.05, 0) is 25.1 Å². The molecule has 0 spiro atoms. The number of carbonyl (C=O) groups excluding carboxylic acids is 1. The van der Waals surface area contributed by atoms with Crippen molar-refractivity contribution >= 4 is 38.3 Å². The largest absolute Gasteiger partial charge is 0.481 e. The van der Waals surface area contributed by atoms with Crippen molar-refractivity contribution in [2.24, 2.45) is 0 Å². The molecule has 0 aliphatic rings. The first-order valence-electron chi connectivity index (χ1n) is 5.28. The number of hydrogen-bond donors (Lipinski definition) is 1. The Morgan fingerprint density at radius 3 is 3.06 bits per heavy atom. The maximum Gasteiger partial charge on any atom is 0.266 e. The van der Waals surface area contributed by atoms with Gasteiger partial charge in [-0.1, -0.05) is 22.0 Å². The number of thiazole rings is 1. The highest BCUT2D eigenvalue weighted by molar-refractivity contribution is 9.10. The summed E-state index contributed by atoms with van der Waals surface area (Å²) in [4.78, 5) is 15.8. The fourth-order valence-electron chi connectivity index (χ4n) is 1.29. The van der Waals surface area contributed by atoms with Crippen molar-refractivity contribution in [1.29, 1.82) is 0 Å². The number of halogens is 1. The molecule has 2 rings (SSSR count).